The molecular weight excluding hydrogens is 332 g/mol. The quantitative estimate of drug-likeness (QED) is 0.872. The molecule has 0 saturated heterocycles. The van der Waals surface area contributed by atoms with E-state index in [4.69, 9.17) is 9.84 Å². The number of benzene rings is 1. The van der Waals surface area contributed by atoms with E-state index in [0.717, 1.165) is 5.56 Å². The van der Waals surface area contributed by atoms with E-state index in [1.165, 1.54) is 10.6 Å². The van der Waals surface area contributed by atoms with Crippen molar-refractivity contribution in [3.05, 3.63) is 63.6 Å². The molecule has 0 saturated carbocycles. The van der Waals surface area contributed by atoms with Crippen LogP contribution in [0.2, 0.25) is 0 Å². The summed E-state index contributed by atoms with van der Waals surface area (Å²) in [4.78, 5) is 12.7. The van der Waals surface area contributed by atoms with Crippen molar-refractivity contribution >= 4 is 0 Å². The van der Waals surface area contributed by atoms with Gasteiger partial charge in [0.1, 0.15) is 17.5 Å². The molecule has 2 aromatic rings. The summed E-state index contributed by atoms with van der Waals surface area (Å²) in [6, 6.07) is 9.80. The molecule has 0 spiro atoms. The predicted molar refractivity (Wildman–Crippen MR) is 96.1 cm³/mol. The van der Waals surface area contributed by atoms with Gasteiger partial charge in [-0.25, -0.2) is 0 Å². The van der Waals surface area contributed by atoms with E-state index in [1.54, 1.807) is 38.2 Å². The fraction of sp³-hybridized carbons (Fsp3) is 0.400. The molecule has 3 rings (SSSR count). The smallest absolute Gasteiger partial charge is 0.251 e. The Morgan fingerprint density at radius 2 is 2.08 bits per heavy atom. The lowest BCUT2D eigenvalue weighted by Crippen LogP contribution is -2.52. The minimum Gasteiger partial charge on any atom is -0.485 e. The fourth-order valence-corrected chi connectivity index (χ4v) is 3.34. The molecule has 2 N–H and O–H groups in total. The number of fused-ring (bicyclic) bond motifs is 1. The molecule has 0 amide bonds. The first-order chi connectivity index (χ1) is 12.4. The number of hydrogen-bond donors (Lipinski definition) is 2. The SMILES string of the molecule is CC1(C)Oc2ccc(C#N)cc2[C@@H](n2ccc(CCCO)cc2=O)[C@@H]1O. The van der Waals surface area contributed by atoms with E-state index in [-0.39, 0.29) is 12.2 Å². The Balaban J connectivity index is 2.11. The van der Waals surface area contributed by atoms with Crippen LogP contribution < -0.4 is 10.3 Å². The average Bonchev–Trinajstić information content (AvgIpc) is 2.61. The summed E-state index contributed by atoms with van der Waals surface area (Å²) in [5.41, 5.74) is 0.765. The molecule has 1 aliphatic rings. The van der Waals surface area contributed by atoms with Crippen molar-refractivity contribution in [3.8, 4) is 11.8 Å². The summed E-state index contributed by atoms with van der Waals surface area (Å²) in [7, 11) is 0. The number of aromatic nitrogens is 1. The average molecular weight is 354 g/mol. The lowest BCUT2D eigenvalue weighted by Gasteiger charge is -2.42. The first-order valence-electron chi connectivity index (χ1n) is 8.60. The first kappa shape index (κ1) is 18.2. The third kappa shape index (κ3) is 3.24. The molecule has 2 heterocycles. The van der Waals surface area contributed by atoms with Crippen molar-refractivity contribution in [1.29, 1.82) is 5.26 Å². The summed E-state index contributed by atoms with van der Waals surface area (Å²) < 4.78 is 7.38. The highest BCUT2D eigenvalue weighted by Crippen LogP contribution is 2.41. The van der Waals surface area contributed by atoms with Crippen molar-refractivity contribution < 1.29 is 14.9 Å². The van der Waals surface area contributed by atoms with Gasteiger partial charge in [-0.3, -0.25) is 4.79 Å². The van der Waals surface area contributed by atoms with Crippen LogP contribution in [-0.4, -0.2) is 33.1 Å². The lowest BCUT2D eigenvalue weighted by molar-refractivity contribution is -0.0642. The Labute approximate surface area is 151 Å². The Morgan fingerprint density at radius 3 is 2.73 bits per heavy atom. The van der Waals surface area contributed by atoms with E-state index in [0.29, 0.717) is 29.7 Å². The molecule has 6 nitrogen and oxygen atoms in total. The normalized spacial score (nSPS) is 20.7. The van der Waals surface area contributed by atoms with Crippen LogP contribution >= 0.6 is 0 Å². The van der Waals surface area contributed by atoms with Gasteiger partial charge >= 0.3 is 0 Å². The minimum atomic E-state index is -0.968. The zero-order chi connectivity index (χ0) is 18.9. The Morgan fingerprint density at radius 1 is 1.31 bits per heavy atom. The Kier molecular flexibility index (Phi) is 4.86. The van der Waals surface area contributed by atoms with Crippen LogP contribution in [0.5, 0.6) is 5.75 Å². The van der Waals surface area contributed by atoms with Gasteiger partial charge in [0.05, 0.1) is 17.7 Å². The van der Waals surface area contributed by atoms with Gasteiger partial charge in [-0.15, -0.1) is 0 Å². The molecule has 0 fully saturated rings. The van der Waals surface area contributed by atoms with Crippen molar-refractivity contribution in [2.75, 3.05) is 6.61 Å². The summed E-state index contributed by atoms with van der Waals surface area (Å²) in [6.45, 7) is 3.61. The number of aliphatic hydroxyl groups is 2. The highest BCUT2D eigenvalue weighted by atomic mass is 16.5. The first-order valence-corrected chi connectivity index (χ1v) is 8.60. The van der Waals surface area contributed by atoms with Crippen LogP contribution in [-0.2, 0) is 6.42 Å². The number of aryl methyl sites for hydroxylation is 1. The monoisotopic (exact) mass is 354 g/mol. The minimum absolute atomic E-state index is 0.0697. The van der Waals surface area contributed by atoms with E-state index in [9.17, 15) is 15.2 Å². The lowest BCUT2D eigenvalue weighted by atomic mass is 9.85. The number of aliphatic hydroxyl groups excluding tert-OH is 2. The van der Waals surface area contributed by atoms with Crippen LogP contribution in [0.4, 0.5) is 0 Å². The molecule has 0 radical (unpaired) electrons. The molecular formula is C20H22N2O4. The molecule has 26 heavy (non-hydrogen) atoms. The van der Waals surface area contributed by atoms with Crippen molar-refractivity contribution in [3.63, 3.8) is 0 Å². The zero-order valence-electron chi connectivity index (χ0n) is 14.8. The predicted octanol–water partition coefficient (Wildman–Crippen LogP) is 1.77. The molecule has 0 aliphatic carbocycles. The van der Waals surface area contributed by atoms with Crippen LogP contribution in [0.25, 0.3) is 0 Å². The number of nitrogens with zero attached hydrogens (tertiary/aromatic N) is 2. The topological polar surface area (TPSA) is 95.5 Å². The summed E-state index contributed by atoms with van der Waals surface area (Å²) in [5, 5.41) is 29.0. The molecule has 1 aromatic carbocycles. The van der Waals surface area contributed by atoms with Crippen LogP contribution in [0.1, 0.15) is 43.0 Å². The Bertz CT molecular complexity index is 911. The molecule has 1 aromatic heterocycles. The standard InChI is InChI=1S/C20H22N2O4/c1-20(2)19(25)18(15-10-14(12-21)5-6-16(15)26-20)22-8-7-13(4-3-9-23)11-17(22)24/h5-8,10-11,18-19,23,25H,3-4,9H2,1-2H3/t18-,19+/m1/s1. The van der Waals surface area contributed by atoms with E-state index >= 15 is 0 Å². The largest absolute Gasteiger partial charge is 0.485 e. The Hall–Kier alpha value is -2.62. The number of nitriles is 1. The summed E-state index contributed by atoms with van der Waals surface area (Å²) in [5.74, 6) is 0.556. The highest BCUT2D eigenvalue weighted by Gasteiger charge is 2.44. The van der Waals surface area contributed by atoms with Gasteiger partial charge in [0, 0.05) is 24.4 Å². The van der Waals surface area contributed by atoms with E-state index < -0.39 is 17.7 Å². The van der Waals surface area contributed by atoms with Gasteiger partial charge in [0.15, 0.2) is 0 Å². The number of hydrogen-bond acceptors (Lipinski definition) is 5. The van der Waals surface area contributed by atoms with Gasteiger partial charge in [-0.05, 0) is 56.5 Å². The molecule has 0 bridgehead atoms. The van der Waals surface area contributed by atoms with Crippen molar-refractivity contribution in [2.24, 2.45) is 0 Å². The van der Waals surface area contributed by atoms with E-state index in [2.05, 4.69) is 6.07 Å². The van der Waals surface area contributed by atoms with Gasteiger partial charge in [0.2, 0.25) is 0 Å². The number of ether oxygens (including phenoxy) is 1. The maximum Gasteiger partial charge on any atom is 0.251 e. The van der Waals surface area contributed by atoms with Crippen molar-refractivity contribution in [1.82, 2.24) is 4.57 Å². The highest BCUT2D eigenvalue weighted by molar-refractivity contribution is 5.46. The molecule has 6 heteroatoms. The molecule has 2 atom stereocenters. The summed E-state index contributed by atoms with van der Waals surface area (Å²) >= 11 is 0. The van der Waals surface area contributed by atoms with Crippen LogP contribution in [0, 0.1) is 11.3 Å². The second-order valence-electron chi connectivity index (χ2n) is 7.07. The molecule has 0 unspecified atom stereocenters. The second kappa shape index (κ2) is 6.94. The van der Waals surface area contributed by atoms with Crippen LogP contribution in [0.15, 0.2) is 41.3 Å². The third-order valence-electron chi connectivity index (χ3n) is 4.78. The van der Waals surface area contributed by atoms with Gasteiger partial charge in [-0.1, -0.05) is 0 Å². The second-order valence-corrected chi connectivity index (χ2v) is 7.07. The summed E-state index contributed by atoms with van der Waals surface area (Å²) in [6.07, 6.45) is 1.89. The number of rotatable bonds is 4. The maximum absolute atomic E-state index is 12.7. The third-order valence-corrected chi connectivity index (χ3v) is 4.78. The van der Waals surface area contributed by atoms with Crippen molar-refractivity contribution in [2.45, 2.75) is 44.4 Å². The fourth-order valence-electron chi connectivity index (χ4n) is 3.34. The molecule has 1 aliphatic heterocycles. The van der Waals surface area contributed by atoms with Gasteiger partial charge in [-0.2, -0.15) is 5.26 Å². The van der Waals surface area contributed by atoms with Crippen LogP contribution in [0.3, 0.4) is 0 Å². The number of pyridine rings is 1. The zero-order valence-corrected chi connectivity index (χ0v) is 14.8. The van der Waals surface area contributed by atoms with Gasteiger partial charge < -0.3 is 19.5 Å². The maximum atomic E-state index is 12.7. The van der Waals surface area contributed by atoms with Gasteiger partial charge in [0.25, 0.3) is 5.56 Å². The van der Waals surface area contributed by atoms with E-state index in [1.807, 2.05) is 6.07 Å². The molecule has 136 valence electrons.